The third kappa shape index (κ3) is 3.16. The zero-order valence-electron chi connectivity index (χ0n) is 10.3. The van der Waals surface area contributed by atoms with Crippen LogP contribution in [0.4, 0.5) is 5.69 Å². The topological polar surface area (TPSA) is 115 Å². The summed E-state index contributed by atoms with van der Waals surface area (Å²) in [5, 5.41) is 11.2. The number of nitrogens with two attached hydrogens (primary N) is 1. The number of sulfonamides is 1. The third-order valence-corrected chi connectivity index (χ3v) is 3.61. The molecular weight excluding hydrogens is 306 g/mol. The molecule has 0 fully saturated rings. The summed E-state index contributed by atoms with van der Waals surface area (Å²) in [7, 11) is -3.88. The molecule has 1 amide bonds. The molecule has 0 bridgehead atoms. The molecule has 106 valence electrons. The Balaban J connectivity index is 2.31. The molecule has 0 aliphatic rings. The number of hydrogen-bond donors (Lipinski definition) is 2. The van der Waals surface area contributed by atoms with Crippen LogP contribution in [0.25, 0.3) is 0 Å². The summed E-state index contributed by atoms with van der Waals surface area (Å²) in [5.74, 6) is -0.612. The molecule has 1 heterocycles. The molecular formula is C11H10ClN3O4S. The summed E-state index contributed by atoms with van der Waals surface area (Å²) in [5.41, 5.74) is 0.650. The van der Waals surface area contributed by atoms with Crippen molar-refractivity contribution < 1.29 is 17.7 Å². The van der Waals surface area contributed by atoms with Gasteiger partial charge in [0.2, 0.25) is 15.8 Å². The number of anilines is 1. The van der Waals surface area contributed by atoms with Gasteiger partial charge in [0.15, 0.2) is 0 Å². The second-order valence-corrected chi connectivity index (χ2v) is 5.94. The van der Waals surface area contributed by atoms with E-state index in [0.717, 1.165) is 0 Å². The Morgan fingerprint density at radius 3 is 2.65 bits per heavy atom. The molecule has 0 atom stereocenters. The van der Waals surface area contributed by atoms with Gasteiger partial charge < -0.3 is 9.84 Å². The van der Waals surface area contributed by atoms with E-state index >= 15 is 0 Å². The van der Waals surface area contributed by atoms with E-state index in [-0.39, 0.29) is 21.4 Å². The maximum Gasteiger partial charge on any atom is 0.294 e. The predicted molar refractivity (Wildman–Crippen MR) is 72.0 cm³/mol. The van der Waals surface area contributed by atoms with Gasteiger partial charge in [0.1, 0.15) is 0 Å². The van der Waals surface area contributed by atoms with Gasteiger partial charge in [0.25, 0.3) is 5.91 Å². The highest BCUT2D eigenvalue weighted by Gasteiger charge is 2.16. The van der Waals surface area contributed by atoms with Crippen molar-refractivity contribution in [2.24, 2.45) is 5.14 Å². The van der Waals surface area contributed by atoms with Crippen molar-refractivity contribution in [1.29, 1.82) is 0 Å². The van der Waals surface area contributed by atoms with Gasteiger partial charge in [0, 0.05) is 6.07 Å². The molecule has 2 rings (SSSR count). The van der Waals surface area contributed by atoms with Crippen molar-refractivity contribution in [1.82, 2.24) is 5.16 Å². The molecule has 9 heteroatoms. The molecule has 0 aliphatic carbocycles. The first kappa shape index (κ1) is 14.5. The molecule has 1 aromatic heterocycles. The van der Waals surface area contributed by atoms with Crippen LogP contribution in [0.15, 0.2) is 33.7 Å². The SMILES string of the molecule is Cc1cc(C(=O)Nc2cc(S(N)(=O)=O)ccc2Cl)on1. The number of nitrogens with one attached hydrogen (secondary N) is 1. The van der Waals surface area contributed by atoms with E-state index in [9.17, 15) is 13.2 Å². The average molecular weight is 316 g/mol. The van der Waals surface area contributed by atoms with Crippen LogP contribution in [0.1, 0.15) is 16.2 Å². The first-order valence-corrected chi connectivity index (χ1v) is 7.27. The highest BCUT2D eigenvalue weighted by molar-refractivity contribution is 7.89. The quantitative estimate of drug-likeness (QED) is 0.891. The molecule has 1 aromatic carbocycles. The van der Waals surface area contributed by atoms with Crippen LogP contribution >= 0.6 is 11.6 Å². The first-order chi connectivity index (χ1) is 9.27. The Labute approximate surface area is 119 Å². The monoisotopic (exact) mass is 315 g/mol. The minimum absolute atomic E-state index is 0.0143. The number of halogens is 1. The number of aryl methyl sites for hydroxylation is 1. The summed E-state index contributed by atoms with van der Waals surface area (Å²) in [6.45, 7) is 1.66. The molecule has 0 saturated carbocycles. The predicted octanol–water partition coefficient (Wildman–Crippen LogP) is 1.54. The van der Waals surface area contributed by atoms with Crippen molar-refractivity contribution >= 4 is 33.2 Å². The molecule has 0 saturated heterocycles. The molecule has 0 unspecified atom stereocenters. The van der Waals surface area contributed by atoms with Gasteiger partial charge in [-0.2, -0.15) is 0 Å². The van der Waals surface area contributed by atoms with Crippen molar-refractivity contribution in [3.8, 4) is 0 Å². The summed E-state index contributed by atoms with van der Waals surface area (Å²) in [4.78, 5) is 11.7. The van der Waals surface area contributed by atoms with Crippen LogP contribution in [0.5, 0.6) is 0 Å². The second-order valence-electron chi connectivity index (χ2n) is 3.97. The van der Waals surface area contributed by atoms with E-state index < -0.39 is 15.9 Å². The average Bonchev–Trinajstić information content (AvgIpc) is 2.77. The van der Waals surface area contributed by atoms with Crippen molar-refractivity contribution in [3.05, 3.63) is 40.7 Å². The minimum atomic E-state index is -3.88. The summed E-state index contributed by atoms with van der Waals surface area (Å²) >= 11 is 5.89. The summed E-state index contributed by atoms with van der Waals surface area (Å²) in [6, 6.07) is 5.17. The maximum atomic E-state index is 11.9. The van der Waals surface area contributed by atoms with Gasteiger partial charge in [-0.1, -0.05) is 16.8 Å². The van der Waals surface area contributed by atoms with Crippen LogP contribution < -0.4 is 10.5 Å². The smallest absolute Gasteiger partial charge is 0.294 e. The van der Waals surface area contributed by atoms with Crippen LogP contribution in [-0.4, -0.2) is 19.5 Å². The van der Waals surface area contributed by atoms with Gasteiger partial charge in [-0.15, -0.1) is 0 Å². The van der Waals surface area contributed by atoms with E-state index in [0.29, 0.717) is 5.69 Å². The molecule has 0 radical (unpaired) electrons. The lowest BCUT2D eigenvalue weighted by Crippen LogP contribution is -2.14. The Hall–Kier alpha value is -1.90. The second kappa shape index (κ2) is 5.23. The van der Waals surface area contributed by atoms with Gasteiger partial charge in [0.05, 0.1) is 21.3 Å². The van der Waals surface area contributed by atoms with Gasteiger partial charge in [-0.05, 0) is 25.1 Å². The Morgan fingerprint density at radius 2 is 2.10 bits per heavy atom. The van der Waals surface area contributed by atoms with Crippen LogP contribution in [0.3, 0.4) is 0 Å². The van der Waals surface area contributed by atoms with Crippen molar-refractivity contribution in [2.75, 3.05) is 5.32 Å². The van der Waals surface area contributed by atoms with E-state index in [4.69, 9.17) is 21.3 Å². The molecule has 2 aromatic rings. The number of amides is 1. The molecule has 0 aliphatic heterocycles. The Kier molecular flexibility index (Phi) is 3.80. The van der Waals surface area contributed by atoms with Gasteiger partial charge in [-0.25, -0.2) is 13.6 Å². The molecule has 20 heavy (non-hydrogen) atoms. The van der Waals surface area contributed by atoms with E-state index in [1.807, 2.05) is 0 Å². The molecule has 7 nitrogen and oxygen atoms in total. The van der Waals surface area contributed by atoms with Crippen LogP contribution in [0.2, 0.25) is 5.02 Å². The number of hydrogen-bond acceptors (Lipinski definition) is 5. The lowest BCUT2D eigenvalue weighted by atomic mass is 10.3. The standard InChI is InChI=1S/C11H10ClN3O4S/c1-6-4-10(19-15-6)11(16)14-9-5-7(20(13,17)18)2-3-8(9)12/h2-5H,1H3,(H,14,16)(H2,13,17,18). The minimum Gasteiger partial charge on any atom is -0.351 e. The lowest BCUT2D eigenvalue weighted by Gasteiger charge is -2.07. The maximum absolute atomic E-state index is 11.9. The fourth-order valence-electron chi connectivity index (χ4n) is 1.43. The van der Waals surface area contributed by atoms with Gasteiger partial charge >= 0.3 is 0 Å². The summed E-state index contributed by atoms with van der Waals surface area (Å²) < 4.78 is 27.3. The number of rotatable bonds is 3. The van der Waals surface area contributed by atoms with Gasteiger partial charge in [-0.3, -0.25) is 4.79 Å². The highest BCUT2D eigenvalue weighted by Crippen LogP contribution is 2.25. The third-order valence-electron chi connectivity index (χ3n) is 2.37. The normalized spacial score (nSPS) is 11.3. The number of primary sulfonamides is 1. The van der Waals surface area contributed by atoms with Crippen LogP contribution in [0, 0.1) is 6.92 Å². The van der Waals surface area contributed by atoms with Crippen molar-refractivity contribution in [3.63, 3.8) is 0 Å². The number of carbonyl (C=O) groups excluding carboxylic acids is 1. The zero-order chi connectivity index (χ0) is 14.9. The van der Waals surface area contributed by atoms with E-state index in [1.165, 1.54) is 24.3 Å². The number of aromatic nitrogens is 1. The number of nitrogens with zero attached hydrogens (tertiary/aromatic N) is 1. The number of benzene rings is 1. The fourth-order valence-corrected chi connectivity index (χ4v) is 2.14. The zero-order valence-corrected chi connectivity index (χ0v) is 11.8. The lowest BCUT2D eigenvalue weighted by molar-refractivity contribution is 0.0988. The Morgan fingerprint density at radius 1 is 1.40 bits per heavy atom. The largest absolute Gasteiger partial charge is 0.351 e. The number of carbonyl (C=O) groups is 1. The Bertz CT molecular complexity index is 770. The highest BCUT2D eigenvalue weighted by atomic mass is 35.5. The first-order valence-electron chi connectivity index (χ1n) is 5.34. The molecule has 0 spiro atoms. The fraction of sp³-hybridized carbons (Fsp3) is 0.0909. The van der Waals surface area contributed by atoms with Crippen molar-refractivity contribution in [2.45, 2.75) is 11.8 Å². The summed E-state index contributed by atoms with van der Waals surface area (Å²) in [6.07, 6.45) is 0. The van der Waals surface area contributed by atoms with Crippen LogP contribution in [-0.2, 0) is 10.0 Å². The van der Waals surface area contributed by atoms with E-state index in [2.05, 4.69) is 10.5 Å². The molecule has 3 N–H and O–H groups in total. The van der Waals surface area contributed by atoms with E-state index in [1.54, 1.807) is 6.92 Å².